The van der Waals surface area contributed by atoms with Gasteiger partial charge in [-0.05, 0) is 25.2 Å². The lowest BCUT2D eigenvalue weighted by molar-refractivity contribution is -0.385. The summed E-state index contributed by atoms with van der Waals surface area (Å²) in [5.41, 5.74) is 7.12. The Morgan fingerprint density at radius 3 is 2.65 bits per heavy atom. The van der Waals surface area contributed by atoms with Crippen LogP contribution in [-0.4, -0.2) is 11.0 Å². The lowest BCUT2D eigenvalue weighted by Crippen LogP contribution is -2.24. The topological polar surface area (TPSA) is 69.2 Å². The van der Waals surface area contributed by atoms with Gasteiger partial charge in [-0.3, -0.25) is 10.1 Å². The molecule has 1 unspecified atom stereocenters. The van der Waals surface area contributed by atoms with E-state index in [-0.39, 0.29) is 16.7 Å². The molecular weight excluding hydrogens is 252 g/mol. The molecule has 0 aliphatic heterocycles. The fourth-order valence-electron chi connectivity index (χ4n) is 3.17. The third kappa shape index (κ3) is 4.30. The van der Waals surface area contributed by atoms with Crippen molar-refractivity contribution in [1.82, 2.24) is 0 Å². The number of nitrogens with two attached hydrogens (primary N) is 1. The van der Waals surface area contributed by atoms with Gasteiger partial charge in [0.2, 0.25) is 0 Å². The fraction of sp³-hybridized carbons (Fsp3) is 0.625. The molecule has 1 aromatic carbocycles. The Hall–Kier alpha value is -1.42. The first-order valence-corrected chi connectivity index (χ1v) is 7.64. The summed E-state index contributed by atoms with van der Waals surface area (Å²) in [6.07, 6.45) is 9.48. The van der Waals surface area contributed by atoms with Crippen LogP contribution in [0.3, 0.4) is 0 Å². The average Bonchev–Trinajstić information content (AvgIpc) is 2.46. The maximum atomic E-state index is 11.0. The number of para-hydroxylation sites is 1. The summed E-state index contributed by atoms with van der Waals surface area (Å²) in [5.74, 6) is 0.820. The van der Waals surface area contributed by atoms with Crippen molar-refractivity contribution in [2.45, 2.75) is 57.4 Å². The van der Waals surface area contributed by atoms with Crippen LogP contribution >= 0.6 is 0 Å². The summed E-state index contributed by atoms with van der Waals surface area (Å²) < 4.78 is 0. The molecule has 1 aliphatic rings. The molecule has 4 nitrogen and oxygen atoms in total. The van der Waals surface area contributed by atoms with Crippen LogP contribution in [0.2, 0.25) is 0 Å². The van der Waals surface area contributed by atoms with Gasteiger partial charge in [0.25, 0.3) is 5.69 Å². The third-order valence-corrected chi connectivity index (χ3v) is 4.34. The number of nitro groups is 1. The first-order valence-electron chi connectivity index (χ1n) is 7.64. The SMILES string of the molecule is NC(CCC1CCCCC1)Cc1ccccc1[N+](=O)[O-]. The first-order chi connectivity index (χ1) is 9.66. The molecule has 110 valence electrons. The van der Waals surface area contributed by atoms with Crippen molar-refractivity contribution < 1.29 is 4.92 Å². The van der Waals surface area contributed by atoms with E-state index in [1.165, 1.54) is 38.5 Å². The maximum Gasteiger partial charge on any atom is 0.272 e. The summed E-state index contributed by atoms with van der Waals surface area (Å²) in [5, 5.41) is 11.0. The van der Waals surface area contributed by atoms with Gasteiger partial charge in [0, 0.05) is 17.7 Å². The van der Waals surface area contributed by atoms with Crippen LogP contribution < -0.4 is 5.73 Å². The molecule has 1 aromatic rings. The highest BCUT2D eigenvalue weighted by atomic mass is 16.6. The van der Waals surface area contributed by atoms with Gasteiger partial charge >= 0.3 is 0 Å². The largest absolute Gasteiger partial charge is 0.327 e. The Labute approximate surface area is 120 Å². The molecule has 0 radical (unpaired) electrons. The van der Waals surface area contributed by atoms with Crippen LogP contribution in [0, 0.1) is 16.0 Å². The van der Waals surface area contributed by atoms with Gasteiger partial charge in [-0.2, -0.15) is 0 Å². The summed E-state index contributed by atoms with van der Waals surface area (Å²) >= 11 is 0. The molecule has 2 N–H and O–H groups in total. The van der Waals surface area contributed by atoms with Crippen molar-refractivity contribution in [2.24, 2.45) is 11.7 Å². The molecule has 4 heteroatoms. The lowest BCUT2D eigenvalue weighted by Gasteiger charge is -2.22. The van der Waals surface area contributed by atoms with E-state index in [1.54, 1.807) is 12.1 Å². The average molecular weight is 276 g/mol. The second-order valence-corrected chi connectivity index (χ2v) is 5.93. The van der Waals surface area contributed by atoms with Gasteiger partial charge in [-0.25, -0.2) is 0 Å². The number of nitro benzene ring substituents is 1. The van der Waals surface area contributed by atoms with E-state index >= 15 is 0 Å². The molecule has 0 spiro atoms. The smallest absolute Gasteiger partial charge is 0.272 e. The van der Waals surface area contributed by atoms with E-state index in [0.29, 0.717) is 6.42 Å². The van der Waals surface area contributed by atoms with Crippen molar-refractivity contribution in [3.05, 3.63) is 39.9 Å². The molecule has 1 atom stereocenters. The quantitative estimate of drug-likeness (QED) is 0.634. The lowest BCUT2D eigenvalue weighted by atomic mass is 9.84. The van der Waals surface area contributed by atoms with E-state index in [1.807, 2.05) is 12.1 Å². The standard InChI is InChI=1S/C16H24N2O2/c17-15(11-10-13-6-2-1-3-7-13)12-14-8-4-5-9-16(14)18(19)20/h4-5,8-9,13,15H,1-3,6-7,10-12,17H2. The van der Waals surface area contributed by atoms with E-state index in [0.717, 1.165) is 17.9 Å². The second kappa shape index (κ2) is 7.39. The van der Waals surface area contributed by atoms with Gasteiger partial charge in [-0.1, -0.05) is 50.3 Å². The number of nitrogens with zero attached hydrogens (tertiary/aromatic N) is 1. The molecule has 1 fully saturated rings. The third-order valence-electron chi connectivity index (χ3n) is 4.34. The molecule has 0 aromatic heterocycles. The number of rotatable bonds is 6. The van der Waals surface area contributed by atoms with Gasteiger partial charge < -0.3 is 5.73 Å². The summed E-state index contributed by atoms with van der Waals surface area (Å²) in [4.78, 5) is 10.7. The normalized spacial score (nSPS) is 17.9. The van der Waals surface area contributed by atoms with Crippen LogP contribution in [0.5, 0.6) is 0 Å². The number of benzene rings is 1. The van der Waals surface area contributed by atoms with Crippen molar-refractivity contribution in [2.75, 3.05) is 0 Å². The van der Waals surface area contributed by atoms with Crippen molar-refractivity contribution in [1.29, 1.82) is 0 Å². The monoisotopic (exact) mass is 276 g/mol. The van der Waals surface area contributed by atoms with Crippen molar-refractivity contribution >= 4 is 5.69 Å². The molecule has 20 heavy (non-hydrogen) atoms. The van der Waals surface area contributed by atoms with Gasteiger partial charge in [-0.15, -0.1) is 0 Å². The minimum absolute atomic E-state index is 0.0260. The van der Waals surface area contributed by atoms with E-state index < -0.39 is 0 Å². The Kier molecular flexibility index (Phi) is 5.53. The Morgan fingerprint density at radius 1 is 1.25 bits per heavy atom. The molecule has 0 heterocycles. The highest BCUT2D eigenvalue weighted by molar-refractivity contribution is 5.40. The Bertz CT molecular complexity index is 442. The fourth-order valence-corrected chi connectivity index (χ4v) is 3.17. The highest BCUT2D eigenvalue weighted by Gasteiger charge is 2.18. The van der Waals surface area contributed by atoms with E-state index in [2.05, 4.69) is 0 Å². The van der Waals surface area contributed by atoms with Crippen LogP contribution in [0.15, 0.2) is 24.3 Å². The molecule has 1 aliphatic carbocycles. The molecule has 0 saturated heterocycles. The van der Waals surface area contributed by atoms with Gasteiger partial charge in [0.15, 0.2) is 0 Å². The predicted molar refractivity (Wildman–Crippen MR) is 80.6 cm³/mol. The number of hydrogen-bond acceptors (Lipinski definition) is 3. The van der Waals surface area contributed by atoms with Gasteiger partial charge in [0.1, 0.15) is 0 Å². The first kappa shape index (κ1) is 15.0. The zero-order valence-electron chi connectivity index (χ0n) is 12.0. The zero-order valence-corrected chi connectivity index (χ0v) is 12.0. The Morgan fingerprint density at radius 2 is 1.95 bits per heavy atom. The van der Waals surface area contributed by atoms with E-state index in [4.69, 9.17) is 5.73 Å². The molecule has 1 saturated carbocycles. The maximum absolute atomic E-state index is 11.0. The van der Waals surface area contributed by atoms with Crippen LogP contribution in [0.1, 0.15) is 50.5 Å². The number of hydrogen-bond donors (Lipinski definition) is 1. The Balaban J connectivity index is 1.84. The van der Waals surface area contributed by atoms with Gasteiger partial charge in [0.05, 0.1) is 4.92 Å². The molecular formula is C16H24N2O2. The highest BCUT2D eigenvalue weighted by Crippen LogP contribution is 2.28. The summed E-state index contributed by atoms with van der Waals surface area (Å²) in [7, 11) is 0. The minimum Gasteiger partial charge on any atom is -0.327 e. The van der Waals surface area contributed by atoms with E-state index in [9.17, 15) is 10.1 Å². The van der Waals surface area contributed by atoms with Crippen molar-refractivity contribution in [3.63, 3.8) is 0 Å². The van der Waals surface area contributed by atoms with Crippen molar-refractivity contribution in [3.8, 4) is 0 Å². The molecule has 2 rings (SSSR count). The zero-order chi connectivity index (χ0) is 14.4. The summed E-state index contributed by atoms with van der Waals surface area (Å²) in [6, 6.07) is 6.95. The van der Waals surface area contributed by atoms with Crippen LogP contribution in [0.25, 0.3) is 0 Å². The molecule has 0 amide bonds. The van der Waals surface area contributed by atoms with Crippen LogP contribution in [0.4, 0.5) is 5.69 Å². The molecule has 0 bridgehead atoms. The second-order valence-electron chi connectivity index (χ2n) is 5.93. The van der Waals surface area contributed by atoms with Crippen LogP contribution in [-0.2, 0) is 6.42 Å². The summed E-state index contributed by atoms with van der Waals surface area (Å²) in [6.45, 7) is 0. The minimum atomic E-state index is -0.316. The predicted octanol–water partition coefficient (Wildman–Crippen LogP) is 3.83.